The normalized spacial score (nSPS) is 33.9. The molecule has 0 aromatic carbocycles. The lowest BCUT2D eigenvalue weighted by Gasteiger charge is -2.39. The molecule has 1 aliphatic carbocycles. The Balaban J connectivity index is 1.69. The summed E-state index contributed by atoms with van der Waals surface area (Å²) in [6.45, 7) is 3.27. The summed E-state index contributed by atoms with van der Waals surface area (Å²) < 4.78 is 11.0. The molecule has 18 heavy (non-hydrogen) atoms. The van der Waals surface area contributed by atoms with Gasteiger partial charge < -0.3 is 14.3 Å². The Morgan fingerprint density at radius 3 is 3.06 bits per heavy atom. The average molecular weight is 251 g/mol. The zero-order valence-corrected chi connectivity index (χ0v) is 10.6. The third-order valence-electron chi connectivity index (χ3n) is 4.25. The summed E-state index contributed by atoms with van der Waals surface area (Å²) in [5, 5.41) is 10.1. The maximum absolute atomic E-state index is 10.1. The van der Waals surface area contributed by atoms with Gasteiger partial charge in [0, 0.05) is 18.5 Å². The van der Waals surface area contributed by atoms with E-state index in [1.54, 1.807) is 6.26 Å². The Hall–Kier alpha value is -0.840. The summed E-state index contributed by atoms with van der Waals surface area (Å²) in [6.07, 6.45) is 4.75. The van der Waals surface area contributed by atoms with E-state index in [9.17, 15) is 5.11 Å². The molecule has 4 heteroatoms. The summed E-state index contributed by atoms with van der Waals surface area (Å²) in [6, 6.07) is 4.27. The van der Waals surface area contributed by atoms with Crippen LogP contribution in [0, 0.1) is 5.92 Å². The van der Waals surface area contributed by atoms with Crippen molar-refractivity contribution in [3.8, 4) is 0 Å². The lowest BCUT2D eigenvalue weighted by atomic mass is 9.94. The van der Waals surface area contributed by atoms with Crippen LogP contribution in [0.4, 0.5) is 0 Å². The molecule has 2 fully saturated rings. The van der Waals surface area contributed by atoms with Gasteiger partial charge in [0.1, 0.15) is 5.76 Å². The molecule has 1 saturated carbocycles. The van der Waals surface area contributed by atoms with E-state index in [0.717, 1.165) is 51.3 Å². The molecule has 0 bridgehead atoms. The van der Waals surface area contributed by atoms with Gasteiger partial charge in [-0.3, -0.25) is 4.90 Å². The zero-order valence-electron chi connectivity index (χ0n) is 10.6. The van der Waals surface area contributed by atoms with Gasteiger partial charge in [-0.15, -0.1) is 0 Å². The number of aliphatic hydroxyl groups is 1. The highest BCUT2D eigenvalue weighted by Crippen LogP contribution is 2.32. The monoisotopic (exact) mass is 251 g/mol. The van der Waals surface area contributed by atoms with Crippen molar-refractivity contribution in [3.63, 3.8) is 0 Å². The number of rotatable bonds is 3. The standard InChI is InChI=1S/C14H21NO3/c16-14-5-1-4-12(14)13-10-17-8-6-15(13)9-11-3-2-7-18-11/h2-3,7,12-14,16H,1,4-6,8-10H2. The minimum atomic E-state index is -0.157. The van der Waals surface area contributed by atoms with Crippen LogP contribution >= 0.6 is 0 Å². The van der Waals surface area contributed by atoms with E-state index in [-0.39, 0.29) is 6.10 Å². The number of aliphatic hydroxyl groups excluding tert-OH is 1. The summed E-state index contributed by atoms with van der Waals surface area (Å²) in [7, 11) is 0. The van der Waals surface area contributed by atoms with Gasteiger partial charge >= 0.3 is 0 Å². The van der Waals surface area contributed by atoms with Crippen LogP contribution in [-0.4, -0.2) is 41.9 Å². The predicted molar refractivity (Wildman–Crippen MR) is 67.1 cm³/mol. The van der Waals surface area contributed by atoms with Crippen LogP contribution in [0.25, 0.3) is 0 Å². The molecular formula is C14H21NO3. The number of morpholine rings is 1. The van der Waals surface area contributed by atoms with Crippen LogP contribution < -0.4 is 0 Å². The van der Waals surface area contributed by atoms with Crippen molar-refractivity contribution in [1.82, 2.24) is 4.90 Å². The molecule has 1 saturated heterocycles. The fourth-order valence-electron chi connectivity index (χ4n) is 3.27. The first-order valence-corrected chi connectivity index (χ1v) is 6.87. The highest BCUT2D eigenvalue weighted by atomic mass is 16.5. The van der Waals surface area contributed by atoms with Crippen LogP contribution in [0.15, 0.2) is 22.8 Å². The summed E-state index contributed by atoms with van der Waals surface area (Å²) in [5.41, 5.74) is 0. The van der Waals surface area contributed by atoms with E-state index in [2.05, 4.69) is 4.90 Å². The molecule has 0 spiro atoms. The molecule has 0 radical (unpaired) electrons. The van der Waals surface area contributed by atoms with Crippen molar-refractivity contribution < 1.29 is 14.3 Å². The number of ether oxygens (including phenoxy) is 1. The van der Waals surface area contributed by atoms with Crippen LogP contribution in [0.3, 0.4) is 0 Å². The van der Waals surface area contributed by atoms with Crippen molar-refractivity contribution in [3.05, 3.63) is 24.2 Å². The Morgan fingerprint density at radius 2 is 2.33 bits per heavy atom. The molecule has 3 unspecified atom stereocenters. The van der Waals surface area contributed by atoms with Crippen molar-refractivity contribution >= 4 is 0 Å². The number of furan rings is 1. The molecular weight excluding hydrogens is 230 g/mol. The molecule has 3 atom stereocenters. The molecule has 2 heterocycles. The molecule has 2 aliphatic rings. The predicted octanol–water partition coefficient (Wildman–Crippen LogP) is 1.64. The van der Waals surface area contributed by atoms with Crippen molar-refractivity contribution in [2.45, 2.75) is 38.0 Å². The van der Waals surface area contributed by atoms with E-state index < -0.39 is 0 Å². The molecule has 1 aliphatic heterocycles. The molecule has 4 nitrogen and oxygen atoms in total. The van der Waals surface area contributed by atoms with E-state index in [1.165, 1.54) is 0 Å². The quantitative estimate of drug-likeness (QED) is 0.887. The highest BCUT2D eigenvalue weighted by molar-refractivity contribution is 5.00. The van der Waals surface area contributed by atoms with E-state index in [0.29, 0.717) is 12.0 Å². The minimum absolute atomic E-state index is 0.157. The smallest absolute Gasteiger partial charge is 0.117 e. The SMILES string of the molecule is OC1CCCC1C1COCCN1Cc1ccco1. The average Bonchev–Trinajstić information content (AvgIpc) is 3.02. The Labute approximate surface area is 108 Å². The largest absolute Gasteiger partial charge is 0.468 e. The number of hydrogen-bond donors (Lipinski definition) is 1. The van der Waals surface area contributed by atoms with Crippen LogP contribution in [0.5, 0.6) is 0 Å². The van der Waals surface area contributed by atoms with Gasteiger partial charge in [0.15, 0.2) is 0 Å². The fourth-order valence-corrected chi connectivity index (χ4v) is 3.27. The van der Waals surface area contributed by atoms with Gasteiger partial charge in [0.05, 0.1) is 32.1 Å². The third kappa shape index (κ3) is 2.46. The molecule has 1 N–H and O–H groups in total. The van der Waals surface area contributed by atoms with Crippen molar-refractivity contribution in [2.24, 2.45) is 5.92 Å². The van der Waals surface area contributed by atoms with Gasteiger partial charge in [-0.05, 0) is 25.0 Å². The summed E-state index contributed by atoms with van der Waals surface area (Å²) in [5.74, 6) is 1.36. The second-order valence-electron chi connectivity index (χ2n) is 5.35. The van der Waals surface area contributed by atoms with Gasteiger partial charge in [0.25, 0.3) is 0 Å². The molecule has 100 valence electrons. The first-order valence-electron chi connectivity index (χ1n) is 6.87. The van der Waals surface area contributed by atoms with E-state index in [4.69, 9.17) is 9.15 Å². The van der Waals surface area contributed by atoms with Crippen molar-refractivity contribution in [2.75, 3.05) is 19.8 Å². The lowest BCUT2D eigenvalue weighted by Crippen LogP contribution is -2.50. The van der Waals surface area contributed by atoms with Gasteiger partial charge in [-0.2, -0.15) is 0 Å². The zero-order chi connectivity index (χ0) is 12.4. The molecule has 1 aromatic heterocycles. The van der Waals surface area contributed by atoms with Crippen LogP contribution in [-0.2, 0) is 11.3 Å². The Kier molecular flexibility index (Phi) is 3.68. The van der Waals surface area contributed by atoms with Gasteiger partial charge in [0.2, 0.25) is 0 Å². The number of hydrogen-bond acceptors (Lipinski definition) is 4. The van der Waals surface area contributed by atoms with Crippen LogP contribution in [0.1, 0.15) is 25.0 Å². The first kappa shape index (κ1) is 12.2. The lowest BCUT2D eigenvalue weighted by molar-refractivity contribution is -0.0557. The molecule has 0 amide bonds. The highest BCUT2D eigenvalue weighted by Gasteiger charge is 2.37. The maximum atomic E-state index is 10.1. The molecule has 1 aromatic rings. The first-order chi connectivity index (χ1) is 8.84. The van der Waals surface area contributed by atoms with Crippen LogP contribution in [0.2, 0.25) is 0 Å². The maximum Gasteiger partial charge on any atom is 0.117 e. The Morgan fingerprint density at radius 1 is 1.39 bits per heavy atom. The second-order valence-corrected chi connectivity index (χ2v) is 5.35. The van der Waals surface area contributed by atoms with E-state index >= 15 is 0 Å². The van der Waals surface area contributed by atoms with Crippen molar-refractivity contribution in [1.29, 1.82) is 0 Å². The summed E-state index contributed by atoms with van der Waals surface area (Å²) >= 11 is 0. The Bertz CT molecular complexity index is 365. The minimum Gasteiger partial charge on any atom is -0.468 e. The topological polar surface area (TPSA) is 45.8 Å². The van der Waals surface area contributed by atoms with Gasteiger partial charge in [-0.1, -0.05) is 6.42 Å². The van der Waals surface area contributed by atoms with E-state index in [1.807, 2.05) is 12.1 Å². The number of nitrogens with zero attached hydrogens (tertiary/aromatic N) is 1. The summed E-state index contributed by atoms with van der Waals surface area (Å²) in [4.78, 5) is 2.40. The second kappa shape index (κ2) is 5.43. The third-order valence-corrected chi connectivity index (χ3v) is 4.25. The fraction of sp³-hybridized carbons (Fsp3) is 0.714. The molecule has 3 rings (SSSR count). The van der Waals surface area contributed by atoms with Gasteiger partial charge in [-0.25, -0.2) is 0 Å².